The van der Waals surface area contributed by atoms with Gasteiger partial charge in [-0.15, -0.1) is 0 Å². The smallest absolute Gasteiger partial charge is 0.317 e. The molecular weight excluding hydrogens is 304 g/mol. The van der Waals surface area contributed by atoms with Gasteiger partial charge in [-0.1, -0.05) is 11.6 Å². The number of carbonyl (C=O) groups excluding carboxylic acids is 2. The summed E-state index contributed by atoms with van der Waals surface area (Å²) >= 11 is 5.74. The molecule has 0 aliphatic carbocycles. The Hall–Kier alpha value is -1.82. The molecule has 6 nitrogen and oxygen atoms in total. The average molecular weight is 323 g/mol. The predicted octanol–water partition coefficient (Wildman–Crippen LogP) is 1.75. The van der Waals surface area contributed by atoms with Crippen LogP contribution in [0.1, 0.15) is 29.6 Å². The molecule has 1 aromatic rings. The zero-order valence-corrected chi connectivity index (χ0v) is 13.1. The molecule has 0 radical (unpaired) electrons. The van der Waals surface area contributed by atoms with Gasteiger partial charge in [-0.3, -0.25) is 4.79 Å². The third-order valence-electron chi connectivity index (χ3n) is 4.28. The Morgan fingerprint density at radius 3 is 2.68 bits per heavy atom. The number of piperidine rings is 1. The highest BCUT2D eigenvalue weighted by atomic mass is 35.5. The van der Waals surface area contributed by atoms with E-state index in [4.69, 9.17) is 11.6 Å². The van der Waals surface area contributed by atoms with E-state index in [1.165, 1.54) is 6.20 Å². The lowest BCUT2D eigenvalue weighted by molar-refractivity contribution is 0.0642. The zero-order chi connectivity index (χ0) is 15.5. The standard InChI is InChI=1S/C15H19ClN4O2/c16-13-3-2-11(10-18-13)14(21)19-8-4-12(5-9-19)20-7-1-6-17-15(20)22/h2-3,10,12H,1,4-9H2,(H,17,22). The summed E-state index contributed by atoms with van der Waals surface area (Å²) in [5, 5.41) is 3.26. The van der Waals surface area contributed by atoms with Crippen LogP contribution in [0.5, 0.6) is 0 Å². The van der Waals surface area contributed by atoms with Crippen LogP contribution in [-0.4, -0.2) is 58.9 Å². The normalized spacial score (nSPS) is 20.0. The van der Waals surface area contributed by atoms with E-state index in [1.54, 1.807) is 12.1 Å². The first-order valence-corrected chi connectivity index (χ1v) is 7.98. The van der Waals surface area contributed by atoms with Crippen molar-refractivity contribution in [2.75, 3.05) is 26.2 Å². The number of hydrogen-bond donors (Lipinski definition) is 1. The van der Waals surface area contributed by atoms with Crippen LogP contribution in [0.4, 0.5) is 4.79 Å². The second-order valence-electron chi connectivity index (χ2n) is 5.67. The molecule has 3 amide bonds. The highest BCUT2D eigenvalue weighted by Gasteiger charge is 2.31. The minimum absolute atomic E-state index is 0.0225. The molecule has 3 heterocycles. The van der Waals surface area contributed by atoms with Gasteiger partial charge in [-0.2, -0.15) is 0 Å². The van der Waals surface area contributed by atoms with E-state index in [9.17, 15) is 9.59 Å². The SMILES string of the molecule is O=C(c1ccc(Cl)nc1)N1CCC(N2CCCNC2=O)CC1. The quantitative estimate of drug-likeness (QED) is 0.844. The number of pyridine rings is 1. The summed E-state index contributed by atoms with van der Waals surface area (Å²) in [5.74, 6) is -0.0225. The molecule has 0 saturated carbocycles. The molecule has 2 fully saturated rings. The molecule has 0 unspecified atom stereocenters. The summed E-state index contributed by atoms with van der Waals surface area (Å²) in [4.78, 5) is 32.0. The highest BCUT2D eigenvalue weighted by molar-refractivity contribution is 6.29. The zero-order valence-electron chi connectivity index (χ0n) is 12.3. The Bertz CT molecular complexity index is 555. The molecule has 1 N–H and O–H groups in total. The Morgan fingerprint density at radius 1 is 1.27 bits per heavy atom. The molecule has 0 atom stereocenters. The lowest BCUT2D eigenvalue weighted by Gasteiger charge is -2.40. The van der Waals surface area contributed by atoms with Crippen LogP contribution in [0.25, 0.3) is 0 Å². The molecule has 2 saturated heterocycles. The van der Waals surface area contributed by atoms with Gasteiger partial charge >= 0.3 is 6.03 Å². The summed E-state index contributed by atoms with van der Waals surface area (Å²) in [5.41, 5.74) is 0.554. The topological polar surface area (TPSA) is 65.5 Å². The van der Waals surface area contributed by atoms with E-state index in [1.807, 2.05) is 9.80 Å². The predicted molar refractivity (Wildman–Crippen MR) is 82.9 cm³/mol. The minimum atomic E-state index is -0.0225. The molecule has 0 spiro atoms. The van der Waals surface area contributed by atoms with Crippen molar-refractivity contribution in [1.82, 2.24) is 20.1 Å². The lowest BCUT2D eigenvalue weighted by atomic mass is 10.0. The largest absolute Gasteiger partial charge is 0.338 e. The highest BCUT2D eigenvalue weighted by Crippen LogP contribution is 2.20. The maximum absolute atomic E-state index is 12.4. The molecule has 0 bridgehead atoms. The van der Waals surface area contributed by atoms with Gasteiger partial charge in [0.1, 0.15) is 5.15 Å². The third kappa shape index (κ3) is 3.16. The summed E-state index contributed by atoms with van der Waals surface area (Å²) in [7, 11) is 0. The Kier molecular flexibility index (Phi) is 4.47. The van der Waals surface area contributed by atoms with Crippen molar-refractivity contribution < 1.29 is 9.59 Å². The summed E-state index contributed by atoms with van der Waals surface area (Å²) in [6, 6.07) is 3.58. The van der Waals surface area contributed by atoms with Gasteiger partial charge in [0.05, 0.1) is 5.56 Å². The van der Waals surface area contributed by atoms with Crippen molar-refractivity contribution in [3.8, 4) is 0 Å². The monoisotopic (exact) mass is 322 g/mol. The van der Waals surface area contributed by atoms with Crippen molar-refractivity contribution in [2.24, 2.45) is 0 Å². The van der Waals surface area contributed by atoms with Crippen molar-refractivity contribution in [2.45, 2.75) is 25.3 Å². The number of rotatable bonds is 2. The van der Waals surface area contributed by atoms with E-state index in [0.717, 1.165) is 32.4 Å². The first-order valence-electron chi connectivity index (χ1n) is 7.60. The molecule has 3 rings (SSSR count). The van der Waals surface area contributed by atoms with Gasteiger partial charge in [0.15, 0.2) is 0 Å². The first-order chi connectivity index (χ1) is 10.6. The fourth-order valence-corrected chi connectivity index (χ4v) is 3.17. The first kappa shape index (κ1) is 15.1. The molecule has 0 aromatic carbocycles. The second-order valence-corrected chi connectivity index (χ2v) is 6.06. The fraction of sp³-hybridized carbons (Fsp3) is 0.533. The minimum Gasteiger partial charge on any atom is -0.338 e. The Morgan fingerprint density at radius 2 is 2.05 bits per heavy atom. The molecule has 2 aliphatic heterocycles. The van der Waals surface area contributed by atoms with Crippen molar-refractivity contribution in [3.05, 3.63) is 29.0 Å². The number of halogens is 1. The number of urea groups is 1. The van der Waals surface area contributed by atoms with Gasteiger partial charge < -0.3 is 15.1 Å². The Labute approximate surface area is 134 Å². The van der Waals surface area contributed by atoms with Crippen molar-refractivity contribution >= 4 is 23.5 Å². The van der Waals surface area contributed by atoms with Gasteiger partial charge in [0.2, 0.25) is 0 Å². The molecule has 2 aliphatic rings. The van der Waals surface area contributed by atoms with Crippen LogP contribution in [0.15, 0.2) is 18.3 Å². The maximum atomic E-state index is 12.4. The molecule has 7 heteroatoms. The van der Waals surface area contributed by atoms with Gasteiger partial charge in [-0.05, 0) is 31.4 Å². The van der Waals surface area contributed by atoms with Crippen molar-refractivity contribution in [1.29, 1.82) is 0 Å². The van der Waals surface area contributed by atoms with E-state index >= 15 is 0 Å². The molecular formula is C15H19ClN4O2. The van der Waals surface area contributed by atoms with E-state index in [0.29, 0.717) is 23.8 Å². The number of hydrogen-bond acceptors (Lipinski definition) is 3. The number of likely N-dealkylation sites (tertiary alicyclic amines) is 1. The Balaban J connectivity index is 1.58. The van der Waals surface area contributed by atoms with Crippen LogP contribution in [0, 0.1) is 0 Å². The van der Waals surface area contributed by atoms with Crippen LogP contribution < -0.4 is 5.32 Å². The number of nitrogens with zero attached hydrogens (tertiary/aromatic N) is 3. The summed E-state index contributed by atoms with van der Waals surface area (Å²) < 4.78 is 0. The number of nitrogens with one attached hydrogen (secondary N) is 1. The van der Waals surface area contributed by atoms with Gasteiger partial charge in [0.25, 0.3) is 5.91 Å². The van der Waals surface area contributed by atoms with Crippen LogP contribution >= 0.6 is 11.6 Å². The van der Waals surface area contributed by atoms with Crippen LogP contribution in [-0.2, 0) is 0 Å². The summed E-state index contributed by atoms with van der Waals surface area (Å²) in [6.07, 6.45) is 4.14. The molecule has 118 valence electrons. The van der Waals surface area contributed by atoms with Gasteiger partial charge in [0, 0.05) is 38.4 Å². The van der Waals surface area contributed by atoms with Crippen LogP contribution in [0.2, 0.25) is 5.15 Å². The molecule has 22 heavy (non-hydrogen) atoms. The van der Waals surface area contributed by atoms with E-state index < -0.39 is 0 Å². The molecule has 1 aromatic heterocycles. The van der Waals surface area contributed by atoms with Crippen molar-refractivity contribution in [3.63, 3.8) is 0 Å². The number of aromatic nitrogens is 1. The van der Waals surface area contributed by atoms with E-state index in [2.05, 4.69) is 10.3 Å². The van der Waals surface area contributed by atoms with Crippen LogP contribution in [0.3, 0.4) is 0 Å². The lowest BCUT2D eigenvalue weighted by Crippen LogP contribution is -2.54. The number of carbonyl (C=O) groups is 2. The number of amides is 3. The average Bonchev–Trinajstić information content (AvgIpc) is 2.56. The maximum Gasteiger partial charge on any atom is 0.317 e. The fourth-order valence-electron chi connectivity index (χ4n) is 3.06. The third-order valence-corrected chi connectivity index (χ3v) is 4.50. The van der Waals surface area contributed by atoms with E-state index in [-0.39, 0.29) is 18.0 Å². The van der Waals surface area contributed by atoms with Gasteiger partial charge in [-0.25, -0.2) is 9.78 Å². The second kappa shape index (κ2) is 6.52. The summed E-state index contributed by atoms with van der Waals surface area (Å²) in [6.45, 7) is 2.90.